The van der Waals surface area contributed by atoms with Crippen LogP contribution in [0, 0.1) is 0 Å². The standard InChI is InChI=1S/C10H18N6O/c1-3-7-9(15-12)13-6-14-10(7)16(4-2)5-8(11)17/h6H,3-5,12H2,1-2H3,(H2,11,17)(H,13,14,15). The molecule has 0 fully saturated rings. The van der Waals surface area contributed by atoms with Crippen LogP contribution < -0.4 is 21.9 Å². The molecule has 0 saturated carbocycles. The maximum absolute atomic E-state index is 11.0. The quantitative estimate of drug-likeness (QED) is 0.461. The van der Waals surface area contributed by atoms with Gasteiger partial charge in [0.05, 0.1) is 6.54 Å². The van der Waals surface area contributed by atoms with Crippen molar-refractivity contribution in [1.82, 2.24) is 9.97 Å². The number of rotatable bonds is 6. The number of nitrogen functional groups attached to an aromatic ring is 1. The Labute approximate surface area is 100 Å². The molecule has 1 rings (SSSR count). The molecule has 1 amide bonds. The molecule has 0 saturated heterocycles. The molecule has 94 valence electrons. The van der Waals surface area contributed by atoms with Gasteiger partial charge in [-0.2, -0.15) is 0 Å². The fraction of sp³-hybridized carbons (Fsp3) is 0.500. The minimum absolute atomic E-state index is 0.129. The van der Waals surface area contributed by atoms with Crippen molar-refractivity contribution in [2.45, 2.75) is 20.3 Å². The third kappa shape index (κ3) is 3.04. The van der Waals surface area contributed by atoms with Crippen molar-refractivity contribution in [2.75, 3.05) is 23.4 Å². The molecular weight excluding hydrogens is 220 g/mol. The molecule has 1 aromatic rings. The number of carbonyl (C=O) groups excluding carboxylic acids is 1. The van der Waals surface area contributed by atoms with Crippen molar-refractivity contribution in [3.8, 4) is 0 Å². The molecule has 7 nitrogen and oxygen atoms in total. The van der Waals surface area contributed by atoms with E-state index in [-0.39, 0.29) is 6.54 Å². The Morgan fingerprint density at radius 3 is 2.65 bits per heavy atom. The van der Waals surface area contributed by atoms with E-state index in [9.17, 15) is 4.79 Å². The molecule has 0 aromatic carbocycles. The lowest BCUT2D eigenvalue weighted by Gasteiger charge is -2.23. The minimum atomic E-state index is -0.394. The Balaban J connectivity index is 3.13. The van der Waals surface area contributed by atoms with Crippen molar-refractivity contribution in [3.63, 3.8) is 0 Å². The van der Waals surface area contributed by atoms with Crippen molar-refractivity contribution in [1.29, 1.82) is 0 Å². The van der Waals surface area contributed by atoms with Gasteiger partial charge in [0.2, 0.25) is 5.91 Å². The second kappa shape index (κ2) is 6.00. The average molecular weight is 238 g/mol. The normalized spacial score (nSPS) is 10.1. The Hall–Kier alpha value is -1.89. The van der Waals surface area contributed by atoms with E-state index in [4.69, 9.17) is 11.6 Å². The van der Waals surface area contributed by atoms with Gasteiger partial charge in [0.25, 0.3) is 0 Å². The summed E-state index contributed by atoms with van der Waals surface area (Å²) in [4.78, 5) is 21.0. The molecule has 1 heterocycles. The first-order valence-corrected chi connectivity index (χ1v) is 5.47. The van der Waals surface area contributed by atoms with E-state index >= 15 is 0 Å². The highest BCUT2D eigenvalue weighted by Gasteiger charge is 2.15. The molecule has 17 heavy (non-hydrogen) atoms. The van der Waals surface area contributed by atoms with Gasteiger partial charge >= 0.3 is 0 Å². The summed E-state index contributed by atoms with van der Waals surface area (Å²) >= 11 is 0. The Kier molecular flexibility index (Phi) is 4.65. The van der Waals surface area contributed by atoms with Gasteiger partial charge in [-0.3, -0.25) is 4.79 Å². The summed E-state index contributed by atoms with van der Waals surface area (Å²) in [5.41, 5.74) is 8.60. The number of hydrogen-bond donors (Lipinski definition) is 3. The van der Waals surface area contributed by atoms with E-state index in [0.29, 0.717) is 24.6 Å². The lowest BCUT2D eigenvalue weighted by atomic mass is 10.2. The summed E-state index contributed by atoms with van der Waals surface area (Å²) in [5.74, 6) is 6.26. The molecule has 5 N–H and O–H groups in total. The summed E-state index contributed by atoms with van der Waals surface area (Å²) in [7, 11) is 0. The number of hydrogen-bond acceptors (Lipinski definition) is 6. The maximum atomic E-state index is 11.0. The van der Waals surface area contributed by atoms with Gasteiger partial charge in [-0.1, -0.05) is 6.92 Å². The van der Waals surface area contributed by atoms with Crippen LogP contribution in [0.2, 0.25) is 0 Å². The Bertz CT molecular complexity index is 394. The number of carbonyl (C=O) groups is 1. The van der Waals surface area contributed by atoms with Gasteiger partial charge in [0.1, 0.15) is 18.0 Å². The highest BCUT2D eigenvalue weighted by molar-refractivity contribution is 5.79. The second-order valence-electron chi connectivity index (χ2n) is 3.50. The van der Waals surface area contributed by atoms with Crippen LogP contribution in [0.5, 0.6) is 0 Å². The first kappa shape index (κ1) is 13.2. The number of amides is 1. The smallest absolute Gasteiger partial charge is 0.236 e. The summed E-state index contributed by atoms with van der Waals surface area (Å²) in [6, 6.07) is 0. The van der Waals surface area contributed by atoms with E-state index in [1.807, 2.05) is 13.8 Å². The van der Waals surface area contributed by atoms with Gasteiger partial charge in [-0.05, 0) is 13.3 Å². The van der Waals surface area contributed by atoms with Gasteiger partial charge in [0.15, 0.2) is 0 Å². The van der Waals surface area contributed by atoms with Gasteiger partial charge < -0.3 is 16.1 Å². The van der Waals surface area contributed by atoms with E-state index < -0.39 is 5.91 Å². The number of anilines is 2. The molecule has 0 aliphatic rings. The first-order valence-electron chi connectivity index (χ1n) is 5.47. The molecule has 0 bridgehead atoms. The van der Waals surface area contributed by atoms with E-state index in [0.717, 1.165) is 5.56 Å². The van der Waals surface area contributed by atoms with Crippen molar-refractivity contribution >= 4 is 17.5 Å². The zero-order valence-corrected chi connectivity index (χ0v) is 10.1. The summed E-state index contributed by atoms with van der Waals surface area (Å²) < 4.78 is 0. The molecule has 0 radical (unpaired) electrons. The fourth-order valence-corrected chi connectivity index (χ4v) is 1.65. The van der Waals surface area contributed by atoms with Gasteiger partial charge in [0, 0.05) is 12.1 Å². The van der Waals surface area contributed by atoms with E-state index in [2.05, 4.69) is 15.4 Å². The van der Waals surface area contributed by atoms with Crippen molar-refractivity contribution < 1.29 is 4.79 Å². The highest BCUT2D eigenvalue weighted by atomic mass is 16.1. The lowest BCUT2D eigenvalue weighted by Crippen LogP contribution is -2.35. The molecular formula is C10H18N6O. The molecule has 0 aliphatic heterocycles. The number of primary amides is 1. The molecule has 0 spiro atoms. The minimum Gasteiger partial charge on any atom is -0.368 e. The van der Waals surface area contributed by atoms with Crippen molar-refractivity contribution in [2.24, 2.45) is 11.6 Å². The van der Waals surface area contributed by atoms with Crippen LogP contribution in [0.4, 0.5) is 11.6 Å². The third-order valence-electron chi connectivity index (χ3n) is 2.44. The van der Waals surface area contributed by atoms with Crippen LogP contribution >= 0.6 is 0 Å². The van der Waals surface area contributed by atoms with Crippen LogP contribution in [-0.4, -0.2) is 29.0 Å². The zero-order valence-electron chi connectivity index (χ0n) is 10.1. The third-order valence-corrected chi connectivity index (χ3v) is 2.44. The maximum Gasteiger partial charge on any atom is 0.236 e. The van der Waals surface area contributed by atoms with Crippen LogP contribution in [0.3, 0.4) is 0 Å². The van der Waals surface area contributed by atoms with Crippen LogP contribution in [-0.2, 0) is 11.2 Å². The molecule has 0 aliphatic carbocycles. The number of aromatic nitrogens is 2. The lowest BCUT2D eigenvalue weighted by molar-refractivity contribution is -0.116. The van der Waals surface area contributed by atoms with Crippen LogP contribution in [0.15, 0.2) is 6.33 Å². The Morgan fingerprint density at radius 2 is 2.18 bits per heavy atom. The number of hydrazine groups is 1. The molecule has 1 aromatic heterocycles. The molecule has 0 atom stereocenters. The van der Waals surface area contributed by atoms with Crippen LogP contribution in [0.25, 0.3) is 0 Å². The fourth-order valence-electron chi connectivity index (χ4n) is 1.65. The summed E-state index contributed by atoms with van der Waals surface area (Å²) in [6.45, 7) is 4.67. The number of nitrogens with zero attached hydrogens (tertiary/aromatic N) is 3. The number of nitrogens with one attached hydrogen (secondary N) is 1. The molecule has 7 heteroatoms. The van der Waals surface area contributed by atoms with Gasteiger partial charge in [-0.15, -0.1) is 0 Å². The monoisotopic (exact) mass is 238 g/mol. The largest absolute Gasteiger partial charge is 0.368 e. The van der Waals surface area contributed by atoms with E-state index in [1.54, 1.807) is 4.90 Å². The highest BCUT2D eigenvalue weighted by Crippen LogP contribution is 2.22. The molecule has 0 unspecified atom stereocenters. The predicted molar refractivity (Wildman–Crippen MR) is 66.3 cm³/mol. The Morgan fingerprint density at radius 1 is 1.47 bits per heavy atom. The predicted octanol–water partition coefficient (Wildman–Crippen LogP) is -0.364. The van der Waals surface area contributed by atoms with Crippen LogP contribution in [0.1, 0.15) is 19.4 Å². The number of likely N-dealkylation sites (N-methyl/N-ethyl adjacent to an activating group) is 1. The van der Waals surface area contributed by atoms with Crippen molar-refractivity contribution in [3.05, 3.63) is 11.9 Å². The summed E-state index contributed by atoms with van der Waals surface area (Å²) in [6.07, 6.45) is 2.12. The van der Waals surface area contributed by atoms with Gasteiger partial charge in [-0.25, -0.2) is 15.8 Å². The van der Waals surface area contributed by atoms with E-state index in [1.165, 1.54) is 6.33 Å². The summed E-state index contributed by atoms with van der Waals surface area (Å²) in [5, 5.41) is 0. The zero-order chi connectivity index (χ0) is 12.8. The topological polar surface area (TPSA) is 110 Å². The average Bonchev–Trinajstić information content (AvgIpc) is 2.34. The second-order valence-corrected chi connectivity index (χ2v) is 3.50. The number of nitrogens with two attached hydrogens (primary N) is 2. The first-order chi connectivity index (χ1) is 8.13. The SMILES string of the molecule is CCc1c(NN)ncnc1N(CC)CC(N)=O.